The fourth-order valence-electron chi connectivity index (χ4n) is 2.93. The molecule has 0 bridgehead atoms. The fourth-order valence-corrected chi connectivity index (χ4v) is 2.93. The lowest BCUT2D eigenvalue weighted by atomic mass is 9.77. The van der Waals surface area contributed by atoms with E-state index in [1.807, 2.05) is 13.0 Å². The molecule has 1 unspecified atom stereocenters. The normalized spacial score (nSPS) is 23.6. The predicted octanol–water partition coefficient (Wildman–Crippen LogP) is 1.43. The van der Waals surface area contributed by atoms with Gasteiger partial charge < -0.3 is 14.6 Å². The van der Waals surface area contributed by atoms with E-state index in [9.17, 15) is 14.7 Å². The smallest absolute Gasteiger partial charge is 0.310 e. The molecule has 0 saturated carbocycles. The third-order valence-corrected chi connectivity index (χ3v) is 4.34. The van der Waals surface area contributed by atoms with Crippen LogP contribution in [0, 0.1) is 5.41 Å². The van der Waals surface area contributed by atoms with Crippen molar-refractivity contribution in [3.8, 4) is 0 Å². The first-order chi connectivity index (χ1) is 9.57. The van der Waals surface area contributed by atoms with Crippen molar-refractivity contribution in [2.45, 2.75) is 32.7 Å². The van der Waals surface area contributed by atoms with Gasteiger partial charge in [-0.05, 0) is 31.9 Å². The zero-order chi connectivity index (χ0) is 14.6. The lowest BCUT2D eigenvalue weighted by Gasteiger charge is -2.39. The molecule has 0 amide bonds. The van der Waals surface area contributed by atoms with Gasteiger partial charge in [0.1, 0.15) is 0 Å². The molecule has 1 fully saturated rings. The second kappa shape index (κ2) is 6.22. The summed E-state index contributed by atoms with van der Waals surface area (Å²) in [6, 6.07) is 5.11. The van der Waals surface area contributed by atoms with Gasteiger partial charge in [-0.2, -0.15) is 0 Å². The molecule has 1 N–H and O–H groups in total. The number of carboxylic acids is 1. The van der Waals surface area contributed by atoms with E-state index in [-0.39, 0.29) is 5.56 Å². The summed E-state index contributed by atoms with van der Waals surface area (Å²) in [5.74, 6) is -0.693. The Morgan fingerprint density at radius 2 is 2.20 bits per heavy atom. The lowest BCUT2D eigenvalue weighted by Crippen LogP contribution is -2.48. The van der Waals surface area contributed by atoms with Crippen LogP contribution >= 0.6 is 0 Å². The van der Waals surface area contributed by atoms with Gasteiger partial charge in [0, 0.05) is 31.9 Å². The number of aliphatic carboxylic acids is 1. The summed E-state index contributed by atoms with van der Waals surface area (Å²) >= 11 is 0. The Kier molecular flexibility index (Phi) is 4.60. The Bertz CT molecular complexity index is 526. The maximum absolute atomic E-state index is 11.6. The van der Waals surface area contributed by atoms with Crippen LogP contribution in [0.15, 0.2) is 29.2 Å². The number of hydrogen-bond acceptors (Lipinski definition) is 3. The van der Waals surface area contributed by atoms with Gasteiger partial charge in [0.15, 0.2) is 0 Å². The van der Waals surface area contributed by atoms with Gasteiger partial charge in [-0.15, -0.1) is 0 Å². The quantitative estimate of drug-likeness (QED) is 0.885. The maximum atomic E-state index is 11.6. The Labute approximate surface area is 118 Å². The minimum Gasteiger partial charge on any atom is -0.481 e. The first kappa shape index (κ1) is 14.8. The van der Waals surface area contributed by atoms with Crippen LogP contribution in [0.2, 0.25) is 0 Å². The number of piperidine rings is 1. The second-order valence-corrected chi connectivity index (χ2v) is 5.55. The molecule has 5 heteroatoms. The first-order valence-corrected chi connectivity index (χ1v) is 7.19. The molecule has 1 aromatic heterocycles. The number of hydrogen-bond donors (Lipinski definition) is 1. The SMILES string of the molecule is CCC1(C(=O)O)CCCN(CCn2ccccc2=O)C1. The van der Waals surface area contributed by atoms with Gasteiger partial charge in [-0.3, -0.25) is 9.59 Å². The van der Waals surface area contributed by atoms with Crippen LogP contribution in [0.5, 0.6) is 0 Å². The van der Waals surface area contributed by atoms with E-state index in [2.05, 4.69) is 4.90 Å². The average Bonchev–Trinajstić information content (AvgIpc) is 2.46. The Balaban J connectivity index is 1.99. The summed E-state index contributed by atoms with van der Waals surface area (Å²) < 4.78 is 1.67. The van der Waals surface area contributed by atoms with Crippen molar-refractivity contribution >= 4 is 5.97 Å². The van der Waals surface area contributed by atoms with Crippen molar-refractivity contribution in [3.05, 3.63) is 34.7 Å². The molecule has 0 aromatic carbocycles. The molecule has 1 aliphatic rings. The zero-order valence-corrected chi connectivity index (χ0v) is 11.9. The number of pyridine rings is 1. The van der Waals surface area contributed by atoms with Crippen LogP contribution in [0.3, 0.4) is 0 Å². The number of carboxylic acid groups (broad SMARTS) is 1. The van der Waals surface area contributed by atoms with Gasteiger partial charge in [-0.1, -0.05) is 13.0 Å². The molecular formula is C15H22N2O3. The van der Waals surface area contributed by atoms with Crippen LogP contribution in [0.1, 0.15) is 26.2 Å². The van der Waals surface area contributed by atoms with Crippen LogP contribution in [0.25, 0.3) is 0 Å². The topological polar surface area (TPSA) is 62.5 Å². The minimum absolute atomic E-state index is 0.00972. The highest BCUT2D eigenvalue weighted by Crippen LogP contribution is 2.33. The number of nitrogens with zero attached hydrogens (tertiary/aromatic N) is 2. The van der Waals surface area contributed by atoms with Crippen LogP contribution in [-0.4, -0.2) is 40.2 Å². The Morgan fingerprint density at radius 1 is 1.40 bits per heavy atom. The van der Waals surface area contributed by atoms with Crippen molar-refractivity contribution in [2.75, 3.05) is 19.6 Å². The Hall–Kier alpha value is -1.62. The van der Waals surface area contributed by atoms with E-state index >= 15 is 0 Å². The van der Waals surface area contributed by atoms with Gasteiger partial charge in [0.25, 0.3) is 5.56 Å². The first-order valence-electron chi connectivity index (χ1n) is 7.19. The average molecular weight is 278 g/mol. The lowest BCUT2D eigenvalue weighted by molar-refractivity contribution is -0.152. The minimum atomic E-state index is -0.693. The van der Waals surface area contributed by atoms with Gasteiger partial charge in [-0.25, -0.2) is 0 Å². The molecule has 0 aliphatic carbocycles. The molecule has 2 heterocycles. The molecule has 110 valence electrons. The third-order valence-electron chi connectivity index (χ3n) is 4.34. The summed E-state index contributed by atoms with van der Waals surface area (Å²) in [7, 11) is 0. The zero-order valence-electron chi connectivity index (χ0n) is 11.9. The molecule has 5 nitrogen and oxygen atoms in total. The highest BCUT2D eigenvalue weighted by molar-refractivity contribution is 5.75. The molecule has 1 aliphatic heterocycles. The molecule has 0 radical (unpaired) electrons. The summed E-state index contributed by atoms with van der Waals surface area (Å²) in [5.41, 5.74) is -0.621. The molecule has 2 rings (SSSR count). The molecule has 0 spiro atoms. The summed E-state index contributed by atoms with van der Waals surface area (Å²) in [5, 5.41) is 9.45. The van der Waals surface area contributed by atoms with E-state index in [0.717, 1.165) is 25.9 Å². The van der Waals surface area contributed by atoms with Gasteiger partial charge in [0.05, 0.1) is 5.41 Å². The van der Waals surface area contributed by atoms with E-state index in [4.69, 9.17) is 0 Å². The van der Waals surface area contributed by atoms with Crippen molar-refractivity contribution in [1.82, 2.24) is 9.47 Å². The highest BCUT2D eigenvalue weighted by atomic mass is 16.4. The molecule has 1 atom stereocenters. The van der Waals surface area contributed by atoms with E-state index < -0.39 is 11.4 Å². The van der Waals surface area contributed by atoms with E-state index in [1.165, 1.54) is 0 Å². The second-order valence-electron chi connectivity index (χ2n) is 5.55. The van der Waals surface area contributed by atoms with Crippen molar-refractivity contribution in [3.63, 3.8) is 0 Å². The van der Waals surface area contributed by atoms with Crippen LogP contribution in [-0.2, 0) is 11.3 Å². The predicted molar refractivity (Wildman–Crippen MR) is 76.7 cm³/mol. The highest BCUT2D eigenvalue weighted by Gasteiger charge is 2.40. The van der Waals surface area contributed by atoms with Crippen LogP contribution < -0.4 is 5.56 Å². The van der Waals surface area contributed by atoms with Gasteiger partial charge >= 0.3 is 5.97 Å². The fraction of sp³-hybridized carbons (Fsp3) is 0.600. The maximum Gasteiger partial charge on any atom is 0.310 e. The largest absolute Gasteiger partial charge is 0.481 e. The van der Waals surface area contributed by atoms with Crippen LogP contribution in [0.4, 0.5) is 0 Å². The monoisotopic (exact) mass is 278 g/mol. The molecule has 1 aromatic rings. The molecule has 1 saturated heterocycles. The van der Waals surface area contributed by atoms with E-state index in [0.29, 0.717) is 19.5 Å². The van der Waals surface area contributed by atoms with E-state index in [1.54, 1.807) is 22.9 Å². The summed E-state index contributed by atoms with van der Waals surface area (Å²) in [6.45, 7) is 4.77. The Morgan fingerprint density at radius 3 is 2.85 bits per heavy atom. The molecular weight excluding hydrogens is 256 g/mol. The number of rotatable bonds is 5. The summed E-state index contributed by atoms with van der Waals surface area (Å²) in [4.78, 5) is 25.3. The van der Waals surface area contributed by atoms with Crippen molar-refractivity contribution in [1.29, 1.82) is 0 Å². The van der Waals surface area contributed by atoms with Crippen molar-refractivity contribution < 1.29 is 9.90 Å². The molecule has 20 heavy (non-hydrogen) atoms. The van der Waals surface area contributed by atoms with Crippen molar-refractivity contribution in [2.24, 2.45) is 5.41 Å². The number of likely N-dealkylation sites (tertiary alicyclic amines) is 1. The number of aromatic nitrogens is 1. The standard InChI is InChI=1S/C15H22N2O3/c1-2-15(14(19)20)7-5-8-16(12-15)10-11-17-9-4-3-6-13(17)18/h3-4,6,9H,2,5,7-8,10-12H2,1H3,(H,19,20). The summed E-state index contributed by atoms with van der Waals surface area (Å²) in [6.07, 6.45) is 4.09. The third kappa shape index (κ3) is 3.10. The van der Waals surface area contributed by atoms with Gasteiger partial charge in [0.2, 0.25) is 0 Å². The number of carbonyl (C=O) groups is 1.